The lowest BCUT2D eigenvalue weighted by molar-refractivity contribution is -0.870. The molecule has 1 aliphatic rings. The van der Waals surface area contributed by atoms with E-state index < -0.39 is 32.5 Å². The molecule has 320 valence electrons. The zero-order chi connectivity index (χ0) is 40.5. The molecule has 0 aromatic heterocycles. The minimum absolute atomic E-state index is 0.0430. The Morgan fingerprint density at radius 2 is 1.16 bits per heavy atom. The number of phosphoric ester groups is 1. The summed E-state index contributed by atoms with van der Waals surface area (Å²) in [5, 5.41) is 0. The zero-order valence-electron chi connectivity index (χ0n) is 35.6. The summed E-state index contributed by atoms with van der Waals surface area (Å²) >= 11 is 0. The third-order valence-electron chi connectivity index (χ3n) is 9.57. The standard InChI is InChI=1S/C44H80NO9P/c1-6-8-10-12-14-15-16-17-18-19-22-26-30-34-43(46)50-38-40(39-52-55(48,49)51-37-36-45(3,4)5)53-44(47)35-31-27-23-20-21-25-29-33-42-41(54-42)32-28-24-13-11-9-7-2/h20,23-25,28-29,40-42H,6-19,21-22,26-27,30-39H2,1-5H3/b23-20-,28-24+,29-25-. The van der Waals surface area contributed by atoms with Gasteiger partial charge in [0.05, 0.1) is 40.0 Å². The monoisotopic (exact) mass is 798 g/mol. The van der Waals surface area contributed by atoms with Gasteiger partial charge in [-0.1, -0.05) is 140 Å². The Bertz CT molecular complexity index is 1100. The van der Waals surface area contributed by atoms with Crippen molar-refractivity contribution in [1.82, 2.24) is 0 Å². The Morgan fingerprint density at radius 1 is 0.655 bits per heavy atom. The minimum Gasteiger partial charge on any atom is -0.756 e. The number of ether oxygens (including phenoxy) is 3. The van der Waals surface area contributed by atoms with Crippen LogP contribution in [0.2, 0.25) is 0 Å². The van der Waals surface area contributed by atoms with Crippen molar-refractivity contribution in [2.75, 3.05) is 47.5 Å². The number of hydrogen-bond acceptors (Lipinski definition) is 9. The summed E-state index contributed by atoms with van der Waals surface area (Å²) in [6.45, 7) is 4.12. The number of esters is 2. The maximum Gasteiger partial charge on any atom is 0.306 e. The number of likely N-dealkylation sites (N-methyl/N-ethyl adjacent to an activating group) is 1. The highest BCUT2D eigenvalue weighted by atomic mass is 31.2. The summed E-state index contributed by atoms with van der Waals surface area (Å²) < 4.78 is 39.6. The Morgan fingerprint density at radius 3 is 1.78 bits per heavy atom. The van der Waals surface area contributed by atoms with Crippen LogP contribution in [0.25, 0.3) is 0 Å². The van der Waals surface area contributed by atoms with Gasteiger partial charge in [0.1, 0.15) is 19.8 Å². The molecule has 0 amide bonds. The maximum absolute atomic E-state index is 12.7. The Balaban J connectivity index is 2.33. The van der Waals surface area contributed by atoms with Gasteiger partial charge >= 0.3 is 11.9 Å². The number of unbranched alkanes of at least 4 members (excludes halogenated alkanes) is 16. The van der Waals surface area contributed by atoms with Gasteiger partial charge < -0.3 is 32.6 Å². The van der Waals surface area contributed by atoms with Crippen molar-refractivity contribution in [3.8, 4) is 0 Å². The second-order valence-corrected chi connectivity index (χ2v) is 17.5. The predicted octanol–water partition coefficient (Wildman–Crippen LogP) is 10.5. The molecule has 4 unspecified atom stereocenters. The molecule has 0 aromatic rings. The topological polar surface area (TPSA) is 124 Å². The van der Waals surface area contributed by atoms with Crippen LogP contribution in [0.3, 0.4) is 0 Å². The van der Waals surface area contributed by atoms with Gasteiger partial charge in [-0.25, -0.2) is 0 Å². The van der Waals surface area contributed by atoms with E-state index in [-0.39, 0.29) is 26.1 Å². The molecule has 1 fully saturated rings. The van der Waals surface area contributed by atoms with Crippen LogP contribution in [0.15, 0.2) is 36.5 Å². The number of quaternary nitrogens is 1. The van der Waals surface area contributed by atoms with Crippen LogP contribution in [0.5, 0.6) is 0 Å². The third kappa shape index (κ3) is 34.0. The van der Waals surface area contributed by atoms with Crippen LogP contribution in [-0.2, 0) is 37.4 Å². The highest BCUT2D eigenvalue weighted by molar-refractivity contribution is 7.45. The fraction of sp³-hybridized carbons (Fsp3) is 0.818. The van der Waals surface area contributed by atoms with E-state index in [9.17, 15) is 19.0 Å². The van der Waals surface area contributed by atoms with Gasteiger partial charge in [-0.3, -0.25) is 14.2 Å². The number of rotatable bonds is 38. The summed E-state index contributed by atoms with van der Waals surface area (Å²) in [7, 11) is 1.12. The summed E-state index contributed by atoms with van der Waals surface area (Å²) in [5.74, 6) is -0.904. The number of carbonyl (C=O) groups is 2. The number of phosphoric acid groups is 1. The molecule has 0 N–H and O–H groups in total. The molecular formula is C44H80NO9P. The smallest absolute Gasteiger partial charge is 0.306 e. The van der Waals surface area contributed by atoms with Gasteiger partial charge in [-0.05, 0) is 51.4 Å². The summed E-state index contributed by atoms with van der Waals surface area (Å²) in [6.07, 6.45) is 37.7. The molecule has 0 aliphatic carbocycles. The van der Waals surface area contributed by atoms with E-state index in [1.165, 1.54) is 83.5 Å². The maximum atomic E-state index is 12.7. The molecular weight excluding hydrogens is 717 g/mol. The lowest BCUT2D eigenvalue weighted by Crippen LogP contribution is -2.37. The molecule has 55 heavy (non-hydrogen) atoms. The Labute approximate surface area is 336 Å². The van der Waals surface area contributed by atoms with Crippen LogP contribution in [0.1, 0.15) is 168 Å². The van der Waals surface area contributed by atoms with Crippen LogP contribution in [0, 0.1) is 0 Å². The number of allylic oxidation sites excluding steroid dienone is 4. The number of hydrogen-bond donors (Lipinski definition) is 0. The fourth-order valence-electron chi connectivity index (χ4n) is 5.98. The second-order valence-electron chi connectivity index (χ2n) is 16.1. The van der Waals surface area contributed by atoms with Gasteiger partial charge in [0.2, 0.25) is 0 Å². The molecule has 11 heteroatoms. The molecule has 0 aromatic carbocycles. The highest BCUT2D eigenvalue weighted by Crippen LogP contribution is 2.38. The highest BCUT2D eigenvalue weighted by Gasteiger charge is 2.36. The summed E-state index contributed by atoms with van der Waals surface area (Å²) in [4.78, 5) is 37.5. The van der Waals surface area contributed by atoms with Gasteiger partial charge in [0, 0.05) is 12.8 Å². The van der Waals surface area contributed by atoms with Crippen molar-refractivity contribution < 1.29 is 46.8 Å². The van der Waals surface area contributed by atoms with Crippen molar-refractivity contribution in [1.29, 1.82) is 0 Å². The zero-order valence-corrected chi connectivity index (χ0v) is 36.5. The second kappa shape index (κ2) is 33.2. The number of nitrogens with zero attached hydrogens (tertiary/aromatic N) is 1. The van der Waals surface area contributed by atoms with Crippen LogP contribution < -0.4 is 4.89 Å². The van der Waals surface area contributed by atoms with E-state index >= 15 is 0 Å². The van der Waals surface area contributed by atoms with E-state index in [2.05, 4.69) is 44.2 Å². The molecule has 0 spiro atoms. The first kappa shape index (κ1) is 51.2. The molecule has 1 saturated heterocycles. The molecule has 4 atom stereocenters. The number of epoxide rings is 1. The quantitative estimate of drug-likeness (QED) is 0.0150. The predicted molar refractivity (Wildman–Crippen MR) is 221 cm³/mol. The SMILES string of the molecule is CCCCC/C=C/CC1OC1C/C=C\C/C=C\CCCC(=O)OC(COC(=O)CCCCCCCCCCCCCCC)COP(=O)([O-])OCC[N+](C)(C)C. The van der Waals surface area contributed by atoms with Gasteiger partial charge in [0.25, 0.3) is 7.82 Å². The van der Waals surface area contributed by atoms with Crippen molar-refractivity contribution >= 4 is 19.8 Å². The van der Waals surface area contributed by atoms with Gasteiger partial charge in [-0.15, -0.1) is 0 Å². The minimum atomic E-state index is -4.64. The lowest BCUT2D eigenvalue weighted by Gasteiger charge is -2.28. The molecule has 0 saturated carbocycles. The molecule has 10 nitrogen and oxygen atoms in total. The van der Waals surface area contributed by atoms with Crippen LogP contribution in [-0.4, -0.2) is 82.2 Å². The van der Waals surface area contributed by atoms with E-state index in [1.54, 1.807) is 0 Å². The third-order valence-corrected chi connectivity index (χ3v) is 10.5. The van der Waals surface area contributed by atoms with Gasteiger partial charge in [0.15, 0.2) is 6.10 Å². The van der Waals surface area contributed by atoms with E-state index in [0.29, 0.717) is 36.1 Å². The fourth-order valence-corrected chi connectivity index (χ4v) is 6.71. The first-order valence-electron chi connectivity index (χ1n) is 21.8. The summed E-state index contributed by atoms with van der Waals surface area (Å²) in [5.41, 5.74) is 0. The molecule has 1 heterocycles. The largest absolute Gasteiger partial charge is 0.756 e. The van der Waals surface area contributed by atoms with E-state index in [4.69, 9.17) is 23.3 Å². The van der Waals surface area contributed by atoms with Crippen LogP contribution in [0.4, 0.5) is 0 Å². The lowest BCUT2D eigenvalue weighted by atomic mass is 10.0. The molecule has 1 rings (SSSR count). The average molecular weight is 798 g/mol. The van der Waals surface area contributed by atoms with Gasteiger partial charge in [-0.2, -0.15) is 0 Å². The van der Waals surface area contributed by atoms with E-state index in [0.717, 1.165) is 44.9 Å². The van der Waals surface area contributed by atoms with Crippen molar-refractivity contribution in [2.45, 2.75) is 186 Å². The first-order chi connectivity index (χ1) is 26.5. The summed E-state index contributed by atoms with van der Waals surface area (Å²) in [6, 6.07) is 0. The van der Waals surface area contributed by atoms with Crippen molar-refractivity contribution in [3.63, 3.8) is 0 Å². The van der Waals surface area contributed by atoms with Crippen molar-refractivity contribution in [2.24, 2.45) is 0 Å². The average Bonchev–Trinajstić information content (AvgIpc) is 3.89. The molecule has 0 bridgehead atoms. The van der Waals surface area contributed by atoms with E-state index in [1.807, 2.05) is 27.2 Å². The first-order valence-corrected chi connectivity index (χ1v) is 23.3. The Kier molecular flexibility index (Phi) is 30.9. The Hall–Kier alpha value is -1.81. The van der Waals surface area contributed by atoms with Crippen molar-refractivity contribution in [3.05, 3.63) is 36.5 Å². The normalized spacial score (nSPS) is 17.6. The molecule has 0 radical (unpaired) electrons. The molecule has 1 aliphatic heterocycles. The van der Waals surface area contributed by atoms with Crippen LogP contribution >= 0.6 is 7.82 Å². The number of carbonyl (C=O) groups excluding carboxylic acids is 2.